The van der Waals surface area contributed by atoms with Gasteiger partial charge in [0, 0.05) is 23.7 Å². The second-order valence-electron chi connectivity index (χ2n) is 6.11. The average Bonchev–Trinajstić information content (AvgIpc) is 3.15. The quantitative estimate of drug-likeness (QED) is 0.812. The highest BCUT2D eigenvalue weighted by atomic mass is 32.1. The van der Waals surface area contributed by atoms with Gasteiger partial charge in [-0.25, -0.2) is 9.78 Å². The van der Waals surface area contributed by atoms with Crippen LogP contribution in [0.4, 0.5) is 4.79 Å². The number of hydrogen-bond donors (Lipinski definition) is 1. The van der Waals surface area contributed by atoms with Crippen LogP contribution in [0, 0.1) is 0 Å². The lowest BCUT2D eigenvalue weighted by molar-refractivity contribution is -0.140. The third kappa shape index (κ3) is 9.46. The Morgan fingerprint density at radius 1 is 1.36 bits per heavy atom. The first kappa shape index (κ1) is 20.6. The molecule has 0 aliphatic heterocycles. The van der Waals surface area contributed by atoms with E-state index in [1.165, 1.54) is 12.0 Å². The summed E-state index contributed by atoms with van der Waals surface area (Å²) >= 11 is 1.62. The number of aryl methyl sites for hydroxylation is 1. The van der Waals surface area contributed by atoms with Gasteiger partial charge in [-0.2, -0.15) is 0 Å². The summed E-state index contributed by atoms with van der Waals surface area (Å²) in [5.74, 6) is -0.206. The Balaban J connectivity index is 0.000000333. The van der Waals surface area contributed by atoms with Crippen LogP contribution in [0.5, 0.6) is 0 Å². The van der Waals surface area contributed by atoms with E-state index in [4.69, 9.17) is 5.73 Å². The number of carbonyl (C=O) groups excluding carboxylic acids is 2. The summed E-state index contributed by atoms with van der Waals surface area (Å²) in [4.78, 5) is 30.4. The Bertz CT molecular complexity index is 662. The lowest BCUT2D eigenvalue weighted by Gasteiger charge is -2.16. The van der Waals surface area contributed by atoms with Crippen LogP contribution >= 0.6 is 11.3 Å². The molecular weight excluding hydrogens is 344 g/mol. The molecule has 0 unspecified atom stereocenters. The van der Waals surface area contributed by atoms with Gasteiger partial charge in [0.05, 0.1) is 37.6 Å². The molecule has 2 aromatic heterocycles. The lowest BCUT2D eigenvalue weighted by atomic mass is 10.2. The van der Waals surface area contributed by atoms with Crippen LogP contribution in [0.1, 0.15) is 37.8 Å². The molecule has 0 bridgehead atoms. The van der Waals surface area contributed by atoms with Crippen LogP contribution < -0.4 is 5.73 Å². The van der Waals surface area contributed by atoms with Crippen molar-refractivity contribution in [3.8, 4) is 0 Å². The van der Waals surface area contributed by atoms with Crippen LogP contribution in [-0.4, -0.2) is 39.3 Å². The molecule has 2 rings (SSSR count). The smallest absolute Gasteiger partial charge is 0.405 e. The Morgan fingerprint density at radius 2 is 2.08 bits per heavy atom. The molecule has 2 aromatic rings. The molecule has 0 spiro atoms. The number of nitrogens with two attached hydrogens (primary N) is 1. The Labute approximate surface area is 151 Å². The van der Waals surface area contributed by atoms with Crippen LogP contribution in [0.25, 0.3) is 0 Å². The van der Waals surface area contributed by atoms with Crippen molar-refractivity contribution in [3.05, 3.63) is 34.8 Å². The third-order valence-electron chi connectivity index (χ3n) is 2.73. The van der Waals surface area contributed by atoms with Crippen molar-refractivity contribution in [2.24, 2.45) is 5.73 Å². The SMILES string of the molecule is CC(C)(C)OC(N)=O.COC(=O)CCc1cn(Cc2cncs2)cn1. The van der Waals surface area contributed by atoms with Crippen molar-refractivity contribution < 1.29 is 19.1 Å². The second kappa shape index (κ2) is 9.77. The van der Waals surface area contributed by atoms with Gasteiger partial charge < -0.3 is 19.8 Å². The van der Waals surface area contributed by atoms with Crippen molar-refractivity contribution in [2.75, 3.05) is 7.11 Å². The molecule has 0 saturated heterocycles. The van der Waals surface area contributed by atoms with Crippen molar-refractivity contribution >= 4 is 23.4 Å². The van der Waals surface area contributed by atoms with E-state index < -0.39 is 11.7 Å². The van der Waals surface area contributed by atoms with Gasteiger partial charge in [0.25, 0.3) is 0 Å². The molecule has 2 N–H and O–H groups in total. The van der Waals surface area contributed by atoms with Gasteiger partial charge >= 0.3 is 12.1 Å². The summed E-state index contributed by atoms with van der Waals surface area (Å²) in [6.07, 6.45) is 5.82. The largest absolute Gasteiger partial charge is 0.469 e. The van der Waals surface area contributed by atoms with Crippen LogP contribution in [0.15, 0.2) is 24.2 Å². The first-order chi connectivity index (χ1) is 11.7. The number of nitrogens with zero attached hydrogens (tertiary/aromatic N) is 3. The zero-order valence-corrected chi connectivity index (χ0v) is 15.7. The topological polar surface area (TPSA) is 109 Å². The Hall–Kier alpha value is -2.42. The number of methoxy groups -OCH3 is 1. The molecule has 1 amide bonds. The van der Waals surface area contributed by atoms with Crippen LogP contribution in [0.3, 0.4) is 0 Å². The van der Waals surface area contributed by atoms with E-state index in [1.807, 2.05) is 22.5 Å². The number of imidazole rings is 1. The predicted molar refractivity (Wildman–Crippen MR) is 94.2 cm³/mol. The Morgan fingerprint density at radius 3 is 2.56 bits per heavy atom. The molecule has 9 heteroatoms. The molecule has 0 fully saturated rings. The molecule has 2 heterocycles. The van der Waals surface area contributed by atoms with E-state index in [0.717, 1.165) is 12.2 Å². The number of carbonyl (C=O) groups is 2. The average molecular weight is 368 g/mol. The summed E-state index contributed by atoms with van der Waals surface area (Å²) in [5.41, 5.74) is 6.98. The van der Waals surface area contributed by atoms with Gasteiger partial charge in [0.15, 0.2) is 0 Å². The molecule has 0 aliphatic carbocycles. The van der Waals surface area contributed by atoms with Crippen molar-refractivity contribution in [3.63, 3.8) is 0 Å². The number of hydrogen-bond acceptors (Lipinski definition) is 7. The highest BCUT2D eigenvalue weighted by Crippen LogP contribution is 2.09. The van der Waals surface area contributed by atoms with E-state index in [9.17, 15) is 9.59 Å². The molecule has 0 aliphatic rings. The number of ether oxygens (including phenoxy) is 2. The summed E-state index contributed by atoms with van der Waals surface area (Å²) in [6.45, 7) is 6.06. The second-order valence-corrected chi connectivity index (χ2v) is 7.09. The minimum atomic E-state index is -0.725. The molecule has 0 atom stereocenters. The lowest BCUT2D eigenvalue weighted by Crippen LogP contribution is -2.27. The predicted octanol–water partition coefficient (Wildman–Crippen LogP) is 2.37. The van der Waals surface area contributed by atoms with Gasteiger partial charge in [-0.3, -0.25) is 9.78 Å². The van der Waals surface area contributed by atoms with Crippen molar-refractivity contribution in [2.45, 2.75) is 45.8 Å². The van der Waals surface area contributed by atoms with Gasteiger partial charge in [0.1, 0.15) is 5.60 Å². The number of primary amides is 1. The molecule has 8 nitrogen and oxygen atoms in total. The summed E-state index contributed by atoms with van der Waals surface area (Å²) in [7, 11) is 1.39. The summed E-state index contributed by atoms with van der Waals surface area (Å²) in [5, 5.41) is 0. The maximum absolute atomic E-state index is 11.0. The van der Waals surface area contributed by atoms with Crippen molar-refractivity contribution in [1.29, 1.82) is 0 Å². The Kier molecular flexibility index (Phi) is 8.06. The van der Waals surface area contributed by atoms with E-state index in [-0.39, 0.29) is 5.97 Å². The normalized spacial score (nSPS) is 10.6. The van der Waals surface area contributed by atoms with E-state index in [0.29, 0.717) is 12.8 Å². The molecule has 25 heavy (non-hydrogen) atoms. The highest BCUT2D eigenvalue weighted by Gasteiger charge is 2.12. The number of rotatable bonds is 5. The fraction of sp³-hybridized carbons (Fsp3) is 0.500. The van der Waals surface area contributed by atoms with E-state index in [2.05, 4.69) is 19.4 Å². The minimum Gasteiger partial charge on any atom is -0.469 e. The van der Waals surface area contributed by atoms with Gasteiger partial charge in [-0.15, -0.1) is 11.3 Å². The monoisotopic (exact) mass is 368 g/mol. The first-order valence-electron chi connectivity index (χ1n) is 7.63. The van der Waals surface area contributed by atoms with Gasteiger partial charge in [-0.1, -0.05) is 0 Å². The fourth-order valence-electron chi connectivity index (χ4n) is 1.76. The number of amides is 1. The zero-order chi connectivity index (χ0) is 18.9. The highest BCUT2D eigenvalue weighted by molar-refractivity contribution is 7.09. The zero-order valence-electron chi connectivity index (χ0n) is 14.9. The summed E-state index contributed by atoms with van der Waals surface area (Å²) in [6, 6.07) is 0. The molecule has 0 aromatic carbocycles. The van der Waals surface area contributed by atoms with Gasteiger partial charge in [0.2, 0.25) is 0 Å². The molecule has 0 radical (unpaired) electrons. The van der Waals surface area contributed by atoms with Gasteiger partial charge in [-0.05, 0) is 20.8 Å². The van der Waals surface area contributed by atoms with E-state index in [1.54, 1.807) is 38.4 Å². The number of esters is 1. The van der Waals surface area contributed by atoms with Crippen LogP contribution in [0.2, 0.25) is 0 Å². The number of aromatic nitrogens is 3. The molecule has 0 saturated carbocycles. The molecular formula is C16H24N4O4S. The maximum atomic E-state index is 11.0. The summed E-state index contributed by atoms with van der Waals surface area (Å²) < 4.78 is 11.1. The third-order valence-corrected chi connectivity index (χ3v) is 3.49. The molecule has 138 valence electrons. The maximum Gasteiger partial charge on any atom is 0.405 e. The first-order valence-corrected chi connectivity index (χ1v) is 8.51. The standard InChI is InChI=1S/C11H13N3O2S.C5H11NO2/c1-16-11(15)3-2-9-5-14(7-13-9)6-10-4-12-8-17-10;1-5(2,3)8-4(6)7/h4-5,7-8H,2-3,6H2,1H3;1-3H3,(H2,6,7). The fourth-order valence-corrected chi connectivity index (χ4v) is 2.36. The minimum absolute atomic E-state index is 0.206. The van der Waals surface area contributed by atoms with Crippen molar-refractivity contribution in [1.82, 2.24) is 14.5 Å². The van der Waals surface area contributed by atoms with E-state index >= 15 is 0 Å². The number of thiazole rings is 1. The van der Waals surface area contributed by atoms with Crippen LogP contribution in [-0.2, 0) is 27.2 Å².